The van der Waals surface area contributed by atoms with Crippen LogP contribution < -0.4 is 5.32 Å². The van der Waals surface area contributed by atoms with Gasteiger partial charge in [0.25, 0.3) is 0 Å². The first-order chi connectivity index (χ1) is 8.31. The number of hydrogen-bond donors (Lipinski definition) is 2. The standard InChI is InChI=1S/C12H22N2O4/c1-12(2,3)18-11(17)13-4-5-14-7-9(8-15)6-10(14)16/h9,15H,4-8H2,1-3H3,(H,13,17). The summed E-state index contributed by atoms with van der Waals surface area (Å²) in [7, 11) is 0. The van der Waals surface area contributed by atoms with E-state index in [0.29, 0.717) is 26.1 Å². The molecule has 0 radical (unpaired) electrons. The second-order valence-corrected chi connectivity index (χ2v) is 5.52. The Bertz CT molecular complexity index is 312. The number of likely N-dealkylation sites (tertiary alicyclic amines) is 1. The number of aliphatic hydroxyl groups excluding tert-OH is 1. The van der Waals surface area contributed by atoms with Crippen molar-refractivity contribution in [1.29, 1.82) is 0 Å². The molecule has 1 saturated heterocycles. The number of nitrogens with zero attached hydrogens (tertiary/aromatic N) is 1. The quantitative estimate of drug-likeness (QED) is 0.762. The Morgan fingerprint density at radius 1 is 1.56 bits per heavy atom. The summed E-state index contributed by atoms with van der Waals surface area (Å²) >= 11 is 0. The molecule has 2 amide bonds. The maximum absolute atomic E-state index is 11.5. The molecule has 0 aromatic rings. The molecule has 0 saturated carbocycles. The molecule has 0 spiro atoms. The number of alkyl carbamates (subject to hydrolysis) is 1. The monoisotopic (exact) mass is 258 g/mol. The van der Waals surface area contributed by atoms with Crippen LogP contribution in [0.4, 0.5) is 4.79 Å². The van der Waals surface area contributed by atoms with Crippen molar-refractivity contribution in [2.24, 2.45) is 5.92 Å². The zero-order chi connectivity index (χ0) is 13.8. The molecule has 0 bridgehead atoms. The van der Waals surface area contributed by atoms with Crippen LogP contribution in [0.25, 0.3) is 0 Å². The predicted molar refractivity (Wildman–Crippen MR) is 66.0 cm³/mol. The van der Waals surface area contributed by atoms with Crippen LogP contribution >= 0.6 is 0 Å². The Balaban J connectivity index is 2.22. The fraction of sp³-hybridized carbons (Fsp3) is 0.833. The maximum Gasteiger partial charge on any atom is 0.407 e. The molecular weight excluding hydrogens is 236 g/mol. The normalized spacial score (nSPS) is 20.1. The molecule has 1 unspecified atom stereocenters. The second kappa shape index (κ2) is 6.04. The van der Waals surface area contributed by atoms with Gasteiger partial charge in [-0.2, -0.15) is 0 Å². The Morgan fingerprint density at radius 2 is 2.22 bits per heavy atom. The van der Waals surface area contributed by atoms with Crippen molar-refractivity contribution < 1.29 is 19.4 Å². The van der Waals surface area contributed by atoms with Gasteiger partial charge >= 0.3 is 6.09 Å². The summed E-state index contributed by atoms with van der Waals surface area (Å²) in [6.07, 6.45) is -0.0870. The van der Waals surface area contributed by atoms with Gasteiger partial charge in [-0.15, -0.1) is 0 Å². The van der Waals surface area contributed by atoms with E-state index in [9.17, 15) is 9.59 Å². The van der Waals surface area contributed by atoms with Crippen molar-refractivity contribution in [3.8, 4) is 0 Å². The van der Waals surface area contributed by atoms with Crippen LogP contribution in [0.3, 0.4) is 0 Å². The maximum atomic E-state index is 11.5. The van der Waals surface area contributed by atoms with Gasteiger partial charge in [-0.3, -0.25) is 4.79 Å². The highest BCUT2D eigenvalue weighted by Crippen LogP contribution is 2.16. The SMILES string of the molecule is CC(C)(C)OC(=O)NCCN1CC(CO)CC1=O. The van der Waals surface area contributed by atoms with Gasteiger partial charge in [0.15, 0.2) is 0 Å². The third-order valence-electron chi connectivity index (χ3n) is 2.60. The van der Waals surface area contributed by atoms with Crippen molar-refractivity contribution in [1.82, 2.24) is 10.2 Å². The van der Waals surface area contributed by atoms with E-state index in [1.165, 1.54) is 0 Å². The van der Waals surface area contributed by atoms with Gasteiger partial charge in [0.05, 0.1) is 0 Å². The van der Waals surface area contributed by atoms with Gasteiger partial charge in [0.2, 0.25) is 5.91 Å². The Hall–Kier alpha value is -1.30. The number of ether oxygens (including phenoxy) is 1. The van der Waals surface area contributed by atoms with Crippen LogP contribution in [0.15, 0.2) is 0 Å². The molecule has 6 nitrogen and oxygen atoms in total. The fourth-order valence-corrected chi connectivity index (χ4v) is 1.80. The summed E-state index contributed by atoms with van der Waals surface area (Å²) in [6.45, 7) is 6.79. The van der Waals surface area contributed by atoms with Crippen molar-refractivity contribution in [2.75, 3.05) is 26.2 Å². The number of amides is 2. The summed E-state index contributed by atoms with van der Waals surface area (Å²) in [5, 5.41) is 11.6. The third-order valence-corrected chi connectivity index (χ3v) is 2.60. The molecule has 6 heteroatoms. The van der Waals surface area contributed by atoms with E-state index >= 15 is 0 Å². The number of hydrogen-bond acceptors (Lipinski definition) is 4. The van der Waals surface area contributed by atoms with Crippen LogP contribution in [-0.2, 0) is 9.53 Å². The summed E-state index contributed by atoms with van der Waals surface area (Å²) in [4.78, 5) is 24.5. The zero-order valence-corrected chi connectivity index (χ0v) is 11.2. The minimum absolute atomic E-state index is 0.0269. The molecule has 1 aliphatic heterocycles. The van der Waals surface area contributed by atoms with Gasteiger partial charge in [0.1, 0.15) is 5.60 Å². The topological polar surface area (TPSA) is 78.9 Å². The number of carbonyl (C=O) groups excluding carboxylic acids is 2. The molecule has 104 valence electrons. The van der Waals surface area contributed by atoms with Crippen molar-refractivity contribution in [3.05, 3.63) is 0 Å². The largest absolute Gasteiger partial charge is 0.444 e. The Labute approximate surface area is 107 Å². The Morgan fingerprint density at radius 3 is 2.72 bits per heavy atom. The van der Waals surface area contributed by atoms with E-state index in [0.717, 1.165) is 0 Å². The van der Waals surface area contributed by atoms with Crippen LogP contribution in [0.5, 0.6) is 0 Å². The predicted octanol–water partition coefficient (Wildman–Crippen LogP) is 0.352. The van der Waals surface area contributed by atoms with E-state index in [1.54, 1.807) is 25.7 Å². The lowest BCUT2D eigenvalue weighted by Gasteiger charge is -2.21. The molecule has 0 aromatic carbocycles. The van der Waals surface area contributed by atoms with Crippen LogP contribution in [0.2, 0.25) is 0 Å². The van der Waals surface area contributed by atoms with E-state index < -0.39 is 11.7 Å². The van der Waals surface area contributed by atoms with Gasteiger partial charge in [-0.05, 0) is 20.8 Å². The first kappa shape index (κ1) is 14.8. The van der Waals surface area contributed by atoms with Crippen molar-refractivity contribution in [3.63, 3.8) is 0 Å². The molecule has 0 aromatic heterocycles. The summed E-state index contributed by atoms with van der Waals surface area (Å²) in [5.74, 6) is 0.0547. The molecule has 1 rings (SSSR count). The van der Waals surface area contributed by atoms with E-state index in [4.69, 9.17) is 9.84 Å². The second-order valence-electron chi connectivity index (χ2n) is 5.52. The fourth-order valence-electron chi connectivity index (χ4n) is 1.80. The van der Waals surface area contributed by atoms with Crippen LogP contribution in [0, 0.1) is 5.92 Å². The molecule has 0 aliphatic carbocycles. The highest BCUT2D eigenvalue weighted by atomic mass is 16.6. The molecule has 2 N–H and O–H groups in total. The minimum Gasteiger partial charge on any atom is -0.444 e. The van der Waals surface area contributed by atoms with E-state index in [1.807, 2.05) is 0 Å². The summed E-state index contributed by atoms with van der Waals surface area (Å²) in [6, 6.07) is 0. The zero-order valence-electron chi connectivity index (χ0n) is 11.2. The minimum atomic E-state index is -0.518. The molecule has 1 aliphatic rings. The van der Waals surface area contributed by atoms with Crippen molar-refractivity contribution >= 4 is 12.0 Å². The molecular formula is C12H22N2O4. The molecule has 1 atom stereocenters. The van der Waals surface area contributed by atoms with Gasteiger partial charge < -0.3 is 20.1 Å². The van der Waals surface area contributed by atoms with Gasteiger partial charge in [-0.1, -0.05) is 0 Å². The number of nitrogens with one attached hydrogen (secondary N) is 1. The number of carbonyl (C=O) groups is 2. The third kappa shape index (κ3) is 4.91. The van der Waals surface area contributed by atoms with E-state index in [-0.39, 0.29) is 18.4 Å². The Kier molecular flexibility index (Phi) is 4.95. The summed E-state index contributed by atoms with van der Waals surface area (Å²) < 4.78 is 5.08. The highest BCUT2D eigenvalue weighted by molar-refractivity contribution is 5.78. The molecule has 1 heterocycles. The van der Waals surface area contributed by atoms with Gasteiger partial charge in [0, 0.05) is 38.6 Å². The van der Waals surface area contributed by atoms with Crippen LogP contribution in [0.1, 0.15) is 27.2 Å². The number of aliphatic hydroxyl groups is 1. The average Bonchev–Trinajstić information content (AvgIpc) is 2.57. The summed E-state index contributed by atoms with van der Waals surface area (Å²) in [5.41, 5.74) is -0.518. The number of rotatable bonds is 4. The lowest BCUT2D eigenvalue weighted by Crippen LogP contribution is -2.38. The van der Waals surface area contributed by atoms with Crippen molar-refractivity contribution in [2.45, 2.75) is 32.8 Å². The lowest BCUT2D eigenvalue weighted by molar-refractivity contribution is -0.127. The smallest absolute Gasteiger partial charge is 0.407 e. The average molecular weight is 258 g/mol. The van der Waals surface area contributed by atoms with Crippen LogP contribution in [-0.4, -0.2) is 53.8 Å². The first-order valence-electron chi connectivity index (χ1n) is 6.17. The molecule has 18 heavy (non-hydrogen) atoms. The van der Waals surface area contributed by atoms with Gasteiger partial charge in [-0.25, -0.2) is 4.79 Å². The molecule has 1 fully saturated rings. The first-order valence-corrected chi connectivity index (χ1v) is 6.17. The van der Waals surface area contributed by atoms with E-state index in [2.05, 4.69) is 5.32 Å². The highest BCUT2D eigenvalue weighted by Gasteiger charge is 2.28. The lowest BCUT2D eigenvalue weighted by atomic mass is 10.1.